The van der Waals surface area contributed by atoms with Gasteiger partial charge in [0.25, 0.3) is 0 Å². The van der Waals surface area contributed by atoms with Crippen LogP contribution in [0.4, 0.5) is 5.69 Å². The number of hydrogen-bond donors (Lipinski definition) is 1. The third kappa shape index (κ3) is 2.75. The summed E-state index contributed by atoms with van der Waals surface area (Å²) in [7, 11) is 0. The Balaban J connectivity index is 1.98. The van der Waals surface area contributed by atoms with E-state index < -0.39 is 0 Å². The lowest BCUT2D eigenvalue weighted by Crippen LogP contribution is -2.25. The predicted octanol–water partition coefficient (Wildman–Crippen LogP) is 3.80. The number of hydrogen-bond acceptors (Lipinski definition) is 3. The molecule has 0 fully saturated rings. The van der Waals surface area contributed by atoms with E-state index in [9.17, 15) is 0 Å². The van der Waals surface area contributed by atoms with E-state index in [2.05, 4.69) is 47.8 Å². The number of aromatic nitrogens is 3. The van der Waals surface area contributed by atoms with Crippen LogP contribution >= 0.6 is 0 Å². The van der Waals surface area contributed by atoms with Crippen molar-refractivity contribution in [3.8, 4) is 0 Å². The first-order chi connectivity index (χ1) is 10.1. The summed E-state index contributed by atoms with van der Waals surface area (Å²) in [6, 6.07) is 12.2. The molecule has 0 atom stereocenters. The van der Waals surface area contributed by atoms with E-state index in [0.29, 0.717) is 6.54 Å². The second-order valence-electron chi connectivity index (χ2n) is 6.12. The summed E-state index contributed by atoms with van der Waals surface area (Å²) in [6.45, 7) is 7.28. The van der Waals surface area contributed by atoms with Crippen LogP contribution < -0.4 is 5.32 Å². The summed E-state index contributed by atoms with van der Waals surface area (Å²) in [5, 5.41) is 3.43. The van der Waals surface area contributed by atoms with Crippen molar-refractivity contribution in [1.29, 1.82) is 0 Å². The normalized spacial score (nSPS) is 11.8. The molecule has 1 aromatic carbocycles. The number of benzene rings is 1. The van der Waals surface area contributed by atoms with Gasteiger partial charge >= 0.3 is 0 Å². The second kappa shape index (κ2) is 5.20. The average Bonchev–Trinajstić information content (AvgIpc) is 2.84. The van der Waals surface area contributed by atoms with Crippen LogP contribution in [-0.4, -0.2) is 14.5 Å². The molecule has 0 amide bonds. The van der Waals surface area contributed by atoms with E-state index in [0.717, 1.165) is 22.5 Å². The third-order valence-electron chi connectivity index (χ3n) is 3.42. The van der Waals surface area contributed by atoms with Crippen LogP contribution in [0.5, 0.6) is 0 Å². The van der Waals surface area contributed by atoms with Gasteiger partial charge < -0.3 is 9.88 Å². The number of nitrogens with one attached hydrogen (secondary N) is 1. The van der Waals surface area contributed by atoms with Gasteiger partial charge in [0.05, 0.1) is 18.3 Å². The maximum absolute atomic E-state index is 4.73. The molecule has 4 nitrogen and oxygen atoms in total. The Morgan fingerprint density at radius 1 is 1.10 bits per heavy atom. The lowest BCUT2D eigenvalue weighted by atomic mass is 10.1. The third-order valence-corrected chi connectivity index (χ3v) is 3.42. The van der Waals surface area contributed by atoms with E-state index in [1.807, 2.05) is 36.7 Å². The molecule has 2 aromatic heterocycles. The van der Waals surface area contributed by atoms with Gasteiger partial charge in [-0.25, -0.2) is 4.98 Å². The summed E-state index contributed by atoms with van der Waals surface area (Å²) < 4.78 is 2.28. The van der Waals surface area contributed by atoms with Crippen molar-refractivity contribution < 1.29 is 0 Å². The topological polar surface area (TPSA) is 42.7 Å². The first kappa shape index (κ1) is 13.6. The largest absolute Gasteiger partial charge is 0.378 e. The predicted molar refractivity (Wildman–Crippen MR) is 86.3 cm³/mol. The van der Waals surface area contributed by atoms with Gasteiger partial charge in [-0.15, -0.1) is 0 Å². The van der Waals surface area contributed by atoms with Gasteiger partial charge in [-0.2, -0.15) is 0 Å². The van der Waals surface area contributed by atoms with Gasteiger partial charge in [0.15, 0.2) is 0 Å². The number of imidazole rings is 1. The Hall–Kier alpha value is -2.36. The van der Waals surface area contributed by atoms with Crippen LogP contribution in [0, 0.1) is 0 Å². The molecule has 0 aliphatic carbocycles. The van der Waals surface area contributed by atoms with Crippen molar-refractivity contribution in [3.05, 3.63) is 54.6 Å². The maximum Gasteiger partial charge on any atom is 0.129 e. The molecule has 2 heterocycles. The molecule has 0 saturated heterocycles. The molecule has 3 aromatic rings. The molecule has 0 bridgehead atoms. The molecule has 0 aliphatic heterocycles. The summed E-state index contributed by atoms with van der Waals surface area (Å²) in [5.41, 5.74) is 3.15. The van der Waals surface area contributed by atoms with Crippen molar-refractivity contribution in [3.63, 3.8) is 0 Å². The fourth-order valence-corrected chi connectivity index (χ4v) is 2.59. The molecule has 108 valence electrons. The van der Waals surface area contributed by atoms with Crippen molar-refractivity contribution in [2.24, 2.45) is 0 Å². The van der Waals surface area contributed by atoms with E-state index >= 15 is 0 Å². The molecule has 0 spiro atoms. The van der Waals surface area contributed by atoms with Gasteiger partial charge in [0, 0.05) is 17.4 Å². The number of para-hydroxylation sites is 1. The monoisotopic (exact) mass is 280 g/mol. The lowest BCUT2D eigenvalue weighted by molar-refractivity contribution is 0.396. The SMILES string of the molecule is CC(C)(C)n1c(CNc2ccccc2)nc2cnccc21. The summed E-state index contributed by atoms with van der Waals surface area (Å²) in [4.78, 5) is 8.90. The van der Waals surface area contributed by atoms with Gasteiger partial charge in [-0.1, -0.05) is 18.2 Å². The average molecular weight is 280 g/mol. The van der Waals surface area contributed by atoms with E-state index in [4.69, 9.17) is 4.98 Å². The molecule has 0 unspecified atom stereocenters. The highest BCUT2D eigenvalue weighted by Crippen LogP contribution is 2.25. The Bertz CT molecular complexity index is 738. The Morgan fingerprint density at radius 2 is 1.86 bits per heavy atom. The van der Waals surface area contributed by atoms with Crippen molar-refractivity contribution in [1.82, 2.24) is 14.5 Å². The number of pyridine rings is 1. The van der Waals surface area contributed by atoms with Crippen LogP contribution in [0.25, 0.3) is 11.0 Å². The number of nitrogens with zero attached hydrogens (tertiary/aromatic N) is 3. The first-order valence-corrected chi connectivity index (χ1v) is 7.16. The molecule has 0 aliphatic rings. The smallest absolute Gasteiger partial charge is 0.129 e. The highest BCUT2D eigenvalue weighted by Gasteiger charge is 2.21. The Labute approximate surface area is 124 Å². The van der Waals surface area contributed by atoms with Crippen LogP contribution in [-0.2, 0) is 12.1 Å². The molecule has 0 radical (unpaired) electrons. The first-order valence-electron chi connectivity index (χ1n) is 7.16. The Morgan fingerprint density at radius 3 is 2.57 bits per heavy atom. The number of fused-ring (bicyclic) bond motifs is 1. The highest BCUT2D eigenvalue weighted by molar-refractivity contribution is 5.75. The number of rotatable bonds is 3. The molecule has 0 saturated carbocycles. The fourth-order valence-electron chi connectivity index (χ4n) is 2.59. The zero-order chi connectivity index (χ0) is 14.9. The molecule has 21 heavy (non-hydrogen) atoms. The lowest BCUT2D eigenvalue weighted by Gasteiger charge is -2.25. The van der Waals surface area contributed by atoms with Crippen LogP contribution in [0.3, 0.4) is 0 Å². The van der Waals surface area contributed by atoms with Gasteiger partial charge in [0.1, 0.15) is 11.3 Å². The van der Waals surface area contributed by atoms with E-state index in [-0.39, 0.29) is 5.54 Å². The molecular formula is C17H20N4. The van der Waals surface area contributed by atoms with Crippen molar-refractivity contribution >= 4 is 16.7 Å². The highest BCUT2D eigenvalue weighted by atomic mass is 15.2. The molecule has 4 heteroatoms. The van der Waals surface area contributed by atoms with Crippen molar-refractivity contribution in [2.75, 3.05) is 5.32 Å². The van der Waals surface area contributed by atoms with Crippen molar-refractivity contribution in [2.45, 2.75) is 32.9 Å². The van der Waals surface area contributed by atoms with E-state index in [1.165, 1.54) is 0 Å². The summed E-state index contributed by atoms with van der Waals surface area (Å²) >= 11 is 0. The second-order valence-corrected chi connectivity index (χ2v) is 6.12. The summed E-state index contributed by atoms with van der Waals surface area (Å²) in [5.74, 6) is 1.02. The van der Waals surface area contributed by atoms with Gasteiger partial charge in [-0.05, 0) is 39.0 Å². The Kier molecular flexibility index (Phi) is 3.37. The maximum atomic E-state index is 4.73. The van der Waals surface area contributed by atoms with Crippen LogP contribution in [0.2, 0.25) is 0 Å². The summed E-state index contributed by atoms with van der Waals surface area (Å²) in [6.07, 6.45) is 3.64. The molecule has 1 N–H and O–H groups in total. The fraction of sp³-hybridized carbons (Fsp3) is 0.294. The quantitative estimate of drug-likeness (QED) is 0.793. The zero-order valence-electron chi connectivity index (χ0n) is 12.7. The number of anilines is 1. The standard InChI is InChI=1S/C17H20N4/c1-17(2,3)21-15-9-10-18-11-14(15)20-16(21)12-19-13-7-5-4-6-8-13/h4-11,19H,12H2,1-3H3. The zero-order valence-corrected chi connectivity index (χ0v) is 12.7. The molecular weight excluding hydrogens is 260 g/mol. The van der Waals surface area contributed by atoms with Gasteiger partial charge in [0.2, 0.25) is 0 Å². The van der Waals surface area contributed by atoms with Crippen LogP contribution in [0.15, 0.2) is 48.8 Å². The minimum Gasteiger partial charge on any atom is -0.378 e. The minimum atomic E-state index is -0.0240. The molecule has 3 rings (SSSR count). The van der Waals surface area contributed by atoms with Gasteiger partial charge in [-0.3, -0.25) is 4.98 Å². The van der Waals surface area contributed by atoms with Crippen LogP contribution in [0.1, 0.15) is 26.6 Å². The minimum absolute atomic E-state index is 0.0240. The van der Waals surface area contributed by atoms with E-state index in [1.54, 1.807) is 0 Å².